The Morgan fingerprint density at radius 1 is 0.875 bits per heavy atom. The van der Waals surface area contributed by atoms with E-state index in [0.29, 0.717) is 3.99 Å². The molecule has 0 unspecified atom stereocenters. The minimum atomic E-state index is -1.12. The van der Waals surface area contributed by atoms with Crippen molar-refractivity contribution in [3.63, 3.8) is 0 Å². The van der Waals surface area contributed by atoms with Crippen LogP contribution in [0.4, 0.5) is 0 Å². The summed E-state index contributed by atoms with van der Waals surface area (Å²) >= 11 is 2.30. The predicted molar refractivity (Wildman–Crippen MR) is 84.9 cm³/mol. The molecular formula is C13H28SSi2. The van der Waals surface area contributed by atoms with Gasteiger partial charge in [0.25, 0.3) is 0 Å². The second-order valence-electron chi connectivity index (χ2n) is 7.35. The standard InChI is InChI=1S/C13H28SSi2/c1-11-9-13(15(3,4)5,16(6,7)8)14-10-12(11)2/h9-10H2,1-8H3. The fraction of sp³-hybridized carbons (Fsp3) is 0.846. The zero-order chi connectivity index (χ0) is 12.8. The van der Waals surface area contributed by atoms with Gasteiger partial charge < -0.3 is 0 Å². The van der Waals surface area contributed by atoms with Crippen LogP contribution in [0.3, 0.4) is 0 Å². The molecule has 1 heterocycles. The van der Waals surface area contributed by atoms with Crippen LogP contribution in [-0.2, 0) is 0 Å². The van der Waals surface area contributed by atoms with Crippen molar-refractivity contribution in [2.75, 3.05) is 5.75 Å². The molecule has 0 aromatic carbocycles. The maximum Gasteiger partial charge on any atom is 0.0595 e. The van der Waals surface area contributed by atoms with Crippen LogP contribution in [0.5, 0.6) is 0 Å². The molecule has 0 aromatic rings. The van der Waals surface area contributed by atoms with Crippen LogP contribution < -0.4 is 0 Å². The van der Waals surface area contributed by atoms with Gasteiger partial charge in [-0.25, -0.2) is 0 Å². The zero-order valence-corrected chi connectivity index (χ0v) is 15.1. The summed E-state index contributed by atoms with van der Waals surface area (Å²) in [7, 11) is -2.25. The fourth-order valence-electron chi connectivity index (χ4n) is 3.02. The molecule has 1 rings (SSSR count). The highest BCUT2D eigenvalue weighted by Gasteiger charge is 2.53. The summed E-state index contributed by atoms with van der Waals surface area (Å²) in [6, 6.07) is 0. The summed E-state index contributed by atoms with van der Waals surface area (Å²) in [4.78, 5) is 0. The monoisotopic (exact) mass is 272 g/mol. The molecule has 0 saturated carbocycles. The molecule has 0 N–H and O–H groups in total. The minimum Gasteiger partial charge on any atom is -0.157 e. The van der Waals surface area contributed by atoms with Gasteiger partial charge in [-0.05, 0) is 20.3 Å². The van der Waals surface area contributed by atoms with Crippen molar-refractivity contribution in [2.45, 2.75) is 63.5 Å². The second-order valence-corrected chi connectivity index (χ2v) is 20.6. The van der Waals surface area contributed by atoms with Gasteiger partial charge in [0.05, 0.1) is 16.1 Å². The number of rotatable bonds is 2. The van der Waals surface area contributed by atoms with E-state index in [-0.39, 0.29) is 0 Å². The van der Waals surface area contributed by atoms with Crippen LogP contribution in [0.2, 0.25) is 39.3 Å². The highest BCUT2D eigenvalue weighted by Crippen LogP contribution is 2.50. The smallest absolute Gasteiger partial charge is 0.0595 e. The van der Waals surface area contributed by atoms with Crippen molar-refractivity contribution in [3.8, 4) is 0 Å². The molecule has 0 nitrogen and oxygen atoms in total. The Morgan fingerprint density at radius 3 is 1.62 bits per heavy atom. The van der Waals surface area contributed by atoms with Crippen LogP contribution in [-0.4, -0.2) is 25.9 Å². The fourth-order valence-corrected chi connectivity index (χ4v) is 18.5. The van der Waals surface area contributed by atoms with E-state index in [9.17, 15) is 0 Å². The highest BCUT2D eigenvalue weighted by molar-refractivity contribution is 8.04. The second kappa shape index (κ2) is 4.32. The number of allylic oxidation sites excluding steroid dienone is 1. The summed E-state index contributed by atoms with van der Waals surface area (Å²) in [5.41, 5.74) is 3.32. The van der Waals surface area contributed by atoms with E-state index in [2.05, 4.69) is 64.9 Å². The normalized spacial score (nSPS) is 22.5. The first kappa shape index (κ1) is 14.6. The lowest BCUT2D eigenvalue weighted by Crippen LogP contribution is -2.65. The first-order chi connectivity index (χ1) is 7.01. The van der Waals surface area contributed by atoms with Gasteiger partial charge in [0.2, 0.25) is 0 Å². The lowest BCUT2D eigenvalue weighted by molar-refractivity contribution is 0.892. The quantitative estimate of drug-likeness (QED) is 0.506. The van der Waals surface area contributed by atoms with Crippen molar-refractivity contribution in [1.29, 1.82) is 0 Å². The van der Waals surface area contributed by atoms with Crippen LogP contribution in [0.25, 0.3) is 0 Å². The number of hydrogen-bond donors (Lipinski definition) is 0. The predicted octanol–water partition coefficient (Wildman–Crippen LogP) is 4.95. The molecule has 94 valence electrons. The van der Waals surface area contributed by atoms with Gasteiger partial charge in [-0.1, -0.05) is 50.4 Å². The summed E-state index contributed by atoms with van der Waals surface area (Å²) in [6.45, 7) is 20.1. The lowest BCUT2D eigenvalue weighted by atomic mass is 10.1. The molecule has 0 radical (unpaired) electrons. The third kappa shape index (κ3) is 2.36. The minimum absolute atomic E-state index is 0.642. The molecule has 0 aromatic heterocycles. The van der Waals surface area contributed by atoms with Gasteiger partial charge in [0.1, 0.15) is 0 Å². The Hall–Kier alpha value is 0.524. The highest BCUT2D eigenvalue weighted by atomic mass is 32.2. The van der Waals surface area contributed by atoms with E-state index in [1.807, 2.05) is 0 Å². The first-order valence-corrected chi connectivity index (χ1v) is 14.3. The van der Waals surface area contributed by atoms with Crippen molar-refractivity contribution in [1.82, 2.24) is 0 Å². The van der Waals surface area contributed by atoms with Crippen LogP contribution in [0.1, 0.15) is 20.3 Å². The maximum atomic E-state index is 2.58. The third-order valence-electron chi connectivity index (χ3n) is 4.20. The molecule has 16 heavy (non-hydrogen) atoms. The topological polar surface area (TPSA) is 0 Å². The van der Waals surface area contributed by atoms with Crippen LogP contribution >= 0.6 is 11.8 Å². The molecule has 1 aliphatic rings. The van der Waals surface area contributed by atoms with Gasteiger partial charge in [-0.2, -0.15) is 11.8 Å². The third-order valence-corrected chi connectivity index (χ3v) is 19.7. The Bertz CT molecular complexity index is 291. The molecule has 0 fully saturated rings. The van der Waals surface area contributed by atoms with Crippen molar-refractivity contribution in [3.05, 3.63) is 11.1 Å². The average Bonchev–Trinajstić information content (AvgIpc) is 2.05. The van der Waals surface area contributed by atoms with E-state index in [1.165, 1.54) is 12.2 Å². The largest absolute Gasteiger partial charge is 0.157 e. The Morgan fingerprint density at radius 2 is 1.31 bits per heavy atom. The molecule has 0 saturated heterocycles. The Labute approximate surface area is 108 Å². The lowest BCUT2D eigenvalue weighted by Gasteiger charge is -2.54. The Balaban J connectivity index is 3.21. The van der Waals surface area contributed by atoms with Gasteiger partial charge in [0, 0.05) is 9.75 Å². The van der Waals surface area contributed by atoms with Crippen LogP contribution in [0.15, 0.2) is 11.1 Å². The van der Waals surface area contributed by atoms with Crippen molar-refractivity contribution >= 4 is 27.9 Å². The van der Waals surface area contributed by atoms with E-state index < -0.39 is 16.1 Å². The molecule has 0 atom stereocenters. The summed E-state index contributed by atoms with van der Waals surface area (Å²) in [6.07, 6.45) is 1.37. The maximum absolute atomic E-state index is 2.58. The number of hydrogen-bond acceptors (Lipinski definition) is 1. The molecule has 0 amide bonds. The van der Waals surface area contributed by atoms with E-state index in [0.717, 1.165) is 0 Å². The van der Waals surface area contributed by atoms with Gasteiger partial charge in [-0.3, -0.25) is 0 Å². The molecule has 0 spiro atoms. The van der Waals surface area contributed by atoms with Gasteiger partial charge in [0.15, 0.2) is 0 Å². The summed E-state index contributed by atoms with van der Waals surface area (Å²) < 4.78 is 0.642. The van der Waals surface area contributed by atoms with Crippen molar-refractivity contribution in [2.24, 2.45) is 0 Å². The van der Waals surface area contributed by atoms with Crippen molar-refractivity contribution < 1.29 is 0 Å². The molecular weight excluding hydrogens is 244 g/mol. The molecule has 0 bridgehead atoms. The molecule has 3 heteroatoms. The summed E-state index contributed by atoms with van der Waals surface area (Å²) in [5.74, 6) is 1.28. The van der Waals surface area contributed by atoms with E-state index in [1.54, 1.807) is 11.1 Å². The van der Waals surface area contributed by atoms with E-state index >= 15 is 0 Å². The SMILES string of the molecule is CC1=C(C)CC([Si](C)(C)C)([Si](C)(C)C)SC1. The summed E-state index contributed by atoms with van der Waals surface area (Å²) in [5, 5.41) is 0. The van der Waals surface area contributed by atoms with Gasteiger partial charge >= 0.3 is 0 Å². The van der Waals surface area contributed by atoms with Crippen LogP contribution in [0, 0.1) is 0 Å². The molecule has 0 aliphatic carbocycles. The average molecular weight is 273 g/mol. The van der Waals surface area contributed by atoms with E-state index in [4.69, 9.17) is 0 Å². The molecule has 1 aliphatic heterocycles. The Kier molecular flexibility index (Phi) is 3.94. The zero-order valence-electron chi connectivity index (χ0n) is 12.3. The van der Waals surface area contributed by atoms with Gasteiger partial charge in [-0.15, -0.1) is 0 Å². The first-order valence-electron chi connectivity index (χ1n) is 6.30. The number of thioether (sulfide) groups is 1.